The third-order valence-electron chi connectivity index (χ3n) is 5.13. The van der Waals surface area contributed by atoms with Crippen LogP contribution in [0.5, 0.6) is 5.75 Å². The van der Waals surface area contributed by atoms with Gasteiger partial charge in [0.15, 0.2) is 0 Å². The van der Waals surface area contributed by atoms with E-state index in [0.717, 1.165) is 36.3 Å². The Balaban J connectivity index is 1.62. The Morgan fingerprint density at radius 2 is 1.93 bits per heavy atom. The number of rotatable bonds is 7. The third-order valence-corrected chi connectivity index (χ3v) is 5.37. The van der Waals surface area contributed by atoms with Gasteiger partial charge in [-0.1, -0.05) is 49.6 Å². The molecule has 2 aromatic carbocycles. The van der Waals surface area contributed by atoms with Crippen LogP contribution in [-0.4, -0.2) is 25.7 Å². The van der Waals surface area contributed by atoms with Crippen LogP contribution < -0.4 is 9.64 Å². The lowest BCUT2D eigenvalue weighted by atomic mass is 10.1. The Hall–Kier alpha value is -2.08. The normalized spacial score (nSPS) is 17.4. The van der Waals surface area contributed by atoms with E-state index in [0.29, 0.717) is 37.0 Å². The summed E-state index contributed by atoms with van der Waals surface area (Å²) in [6.45, 7) is 3.97. The Morgan fingerprint density at radius 3 is 2.71 bits per heavy atom. The highest BCUT2D eigenvalue weighted by atomic mass is 35.5. The SMILES string of the molecule is CCCCCOc1ccccc1CN1C(=O)C2(OCCO2)c2cc(Cl)ccc21. The number of carbonyl (C=O) groups is 1. The minimum atomic E-state index is -1.38. The van der Waals surface area contributed by atoms with Crippen molar-refractivity contribution in [2.75, 3.05) is 24.7 Å². The average molecular weight is 402 g/mol. The molecule has 1 fully saturated rings. The van der Waals surface area contributed by atoms with Gasteiger partial charge < -0.3 is 19.1 Å². The van der Waals surface area contributed by atoms with Crippen LogP contribution in [-0.2, 0) is 26.6 Å². The molecule has 4 rings (SSSR count). The molecule has 148 valence electrons. The van der Waals surface area contributed by atoms with Crippen molar-refractivity contribution >= 4 is 23.2 Å². The molecule has 1 amide bonds. The van der Waals surface area contributed by atoms with Crippen molar-refractivity contribution in [1.82, 2.24) is 0 Å². The van der Waals surface area contributed by atoms with E-state index in [1.807, 2.05) is 30.3 Å². The minimum Gasteiger partial charge on any atom is -0.493 e. The molecular weight excluding hydrogens is 378 g/mol. The highest BCUT2D eigenvalue weighted by Crippen LogP contribution is 2.47. The molecule has 0 radical (unpaired) electrons. The highest BCUT2D eigenvalue weighted by molar-refractivity contribution is 6.31. The molecule has 2 aliphatic rings. The molecule has 1 spiro atoms. The largest absolute Gasteiger partial charge is 0.493 e. The number of benzene rings is 2. The summed E-state index contributed by atoms with van der Waals surface area (Å²) in [5, 5.41) is 0.548. The summed E-state index contributed by atoms with van der Waals surface area (Å²) in [7, 11) is 0. The Kier molecular flexibility index (Phi) is 5.58. The monoisotopic (exact) mass is 401 g/mol. The number of fused-ring (bicyclic) bond motifs is 2. The molecule has 2 heterocycles. The molecule has 0 atom stereocenters. The third kappa shape index (κ3) is 3.39. The minimum absolute atomic E-state index is 0.219. The Bertz CT molecular complexity index is 863. The van der Waals surface area contributed by atoms with Crippen LogP contribution in [0.2, 0.25) is 5.02 Å². The van der Waals surface area contributed by atoms with E-state index < -0.39 is 5.79 Å². The number of unbranched alkanes of at least 4 members (excludes halogenated alkanes) is 2. The molecule has 0 bridgehead atoms. The standard InChI is InChI=1S/C22H24ClNO4/c1-2-3-6-11-26-20-8-5-4-7-16(20)15-24-19-10-9-17(23)14-18(19)22(21(24)25)27-12-13-28-22/h4-5,7-10,14H,2-3,6,11-13,15H2,1H3. The maximum atomic E-state index is 13.3. The predicted octanol–water partition coefficient (Wildman–Crippen LogP) is 4.66. The number of amides is 1. The Morgan fingerprint density at radius 1 is 1.14 bits per heavy atom. The summed E-state index contributed by atoms with van der Waals surface area (Å²) in [5.74, 6) is -0.795. The fourth-order valence-electron chi connectivity index (χ4n) is 3.74. The van der Waals surface area contributed by atoms with E-state index in [1.165, 1.54) is 0 Å². The van der Waals surface area contributed by atoms with Gasteiger partial charge in [0.05, 0.1) is 32.1 Å². The van der Waals surface area contributed by atoms with Gasteiger partial charge in [0.2, 0.25) is 0 Å². The second-order valence-corrected chi connectivity index (χ2v) is 7.47. The molecule has 0 aliphatic carbocycles. The molecule has 0 aromatic heterocycles. The predicted molar refractivity (Wildman–Crippen MR) is 108 cm³/mol. The lowest BCUT2D eigenvalue weighted by molar-refractivity contribution is -0.180. The van der Waals surface area contributed by atoms with Crippen molar-refractivity contribution in [2.45, 2.75) is 38.5 Å². The quantitative estimate of drug-likeness (QED) is 0.633. The molecule has 28 heavy (non-hydrogen) atoms. The summed E-state index contributed by atoms with van der Waals surface area (Å²) in [4.78, 5) is 15.0. The van der Waals surface area contributed by atoms with Crippen LogP contribution in [0.1, 0.15) is 37.3 Å². The van der Waals surface area contributed by atoms with Crippen molar-refractivity contribution in [3.63, 3.8) is 0 Å². The van der Waals surface area contributed by atoms with Crippen molar-refractivity contribution < 1.29 is 19.0 Å². The van der Waals surface area contributed by atoms with Gasteiger partial charge in [-0.15, -0.1) is 0 Å². The number of hydrogen-bond donors (Lipinski definition) is 0. The topological polar surface area (TPSA) is 48.0 Å². The van der Waals surface area contributed by atoms with Crippen molar-refractivity contribution in [2.24, 2.45) is 0 Å². The Labute approximate surface area is 170 Å². The molecule has 0 saturated carbocycles. The summed E-state index contributed by atoms with van der Waals surface area (Å²) in [6.07, 6.45) is 3.30. The van der Waals surface area contributed by atoms with E-state index in [-0.39, 0.29) is 5.91 Å². The van der Waals surface area contributed by atoms with Crippen LogP contribution >= 0.6 is 11.6 Å². The number of carbonyl (C=O) groups excluding carboxylic acids is 1. The van der Waals surface area contributed by atoms with Crippen molar-refractivity contribution in [3.05, 3.63) is 58.6 Å². The second-order valence-electron chi connectivity index (χ2n) is 7.03. The molecule has 2 aliphatic heterocycles. The first kappa shape index (κ1) is 19.2. The molecule has 0 unspecified atom stereocenters. The zero-order valence-corrected chi connectivity index (χ0v) is 16.7. The van der Waals surface area contributed by atoms with Crippen LogP contribution in [0.25, 0.3) is 0 Å². The summed E-state index contributed by atoms with van der Waals surface area (Å²) in [6, 6.07) is 13.2. The summed E-state index contributed by atoms with van der Waals surface area (Å²) >= 11 is 6.19. The van der Waals surface area contributed by atoms with Gasteiger partial charge in [0.25, 0.3) is 11.7 Å². The van der Waals surface area contributed by atoms with Crippen molar-refractivity contribution in [1.29, 1.82) is 0 Å². The molecule has 5 nitrogen and oxygen atoms in total. The number of nitrogens with zero attached hydrogens (tertiary/aromatic N) is 1. The van der Waals surface area contributed by atoms with Crippen LogP contribution in [0, 0.1) is 0 Å². The maximum absolute atomic E-state index is 13.3. The molecule has 2 aromatic rings. The lowest BCUT2D eigenvalue weighted by Gasteiger charge is -2.23. The van der Waals surface area contributed by atoms with E-state index in [9.17, 15) is 4.79 Å². The number of anilines is 1. The fraction of sp³-hybridized carbons (Fsp3) is 0.409. The van der Waals surface area contributed by atoms with E-state index in [4.69, 9.17) is 25.8 Å². The first-order valence-corrected chi connectivity index (χ1v) is 10.1. The maximum Gasteiger partial charge on any atom is 0.292 e. The highest BCUT2D eigenvalue weighted by Gasteiger charge is 2.56. The summed E-state index contributed by atoms with van der Waals surface area (Å²) < 4.78 is 17.6. The zero-order chi connectivity index (χ0) is 19.6. The molecular formula is C22H24ClNO4. The van der Waals surface area contributed by atoms with Gasteiger partial charge in [-0.3, -0.25) is 4.79 Å². The van der Waals surface area contributed by atoms with Crippen LogP contribution in [0.15, 0.2) is 42.5 Å². The smallest absolute Gasteiger partial charge is 0.292 e. The first-order chi connectivity index (χ1) is 13.7. The van der Waals surface area contributed by atoms with Crippen LogP contribution in [0.3, 0.4) is 0 Å². The van der Waals surface area contributed by atoms with E-state index in [2.05, 4.69) is 6.92 Å². The number of hydrogen-bond acceptors (Lipinski definition) is 4. The molecule has 1 saturated heterocycles. The van der Waals surface area contributed by atoms with Gasteiger partial charge in [-0.2, -0.15) is 0 Å². The molecule has 0 N–H and O–H groups in total. The lowest BCUT2D eigenvalue weighted by Crippen LogP contribution is -2.41. The first-order valence-electron chi connectivity index (χ1n) is 9.76. The molecule has 6 heteroatoms. The van der Waals surface area contributed by atoms with Crippen molar-refractivity contribution in [3.8, 4) is 5.75 Å². The average Bonchev–Trinajstić information content (AvgIpc) is 3.28. The van der Waals surface area contributed by atoms with Gasteiger partial charge >= 0.3 is 0 Å². The van der Waals surface area contributed by atoms with Crippen LogP contribution in [0.4, 0.5) is 5.69 Å². The van der Waals surface area contributed by atoms with Gasteiger partial charge in [0.1, 0.15) is 5.75 Å². The van der Waals surface area contributed by atoms with E-state index >= 15 is 0 Å². The van der Waals surface area contributed by atoms with Gasteiger partial charge in [-0.05, 0) is 30.7 Å². The fourth-order valence-corrected chi connectivity index (χ4v) is 3.91. The zero-order valence-electron chi connectivity index (χ0n) is 15.9. The summed E-state index contributed by atoms with van der Waals surface area (Å²) in [5.41, 5.74) is 2.38. The second kappa shape index (κ2) is 8.11. The number of ether oxygens (including phenoxy) is 3. The van der Waals surface area contributed by atoms with Gasteiger partial charge in [0, 0.05) is 16.1 Å². The van der Waals surface area contributed by atoms with Gasteiger partial charge in [-0.25, -0.2) is 0 Å². The van der Waals surface area contributed by atoms with E-state index in [1.54, 1.807) is 17.0 Å². The number of halogens is 1. The number of para-hydroxylation sites is 1.